The third-order valence-corrected chi connectivity index (χ3v) is 6.10. The van der Waals surface area contributed by atoms with E-state index >= 15 is 0 Å². The van der Waals surface area contributed by atoms with Crippen LogP contribution in [0.2, 0.25) is 0 Å². The van der Waals surface area contributed by atoms with Gasteiger partial charge in [-0.3, -0.25) is 9.59 Å². The van der Waals surface area contributed by atoms with Crippen molar-refractivity contribution in [3.8, 4) is 0 Å². The molecule has 0 bridgehead atoms. The van der Waals surface area contributed by atoms with Gasteiger partial charge in [0.15, 0.2) is 6.10 Å². The van der Waals surface area contributed by atoms with E-state index in [0.29, 0.717) is 6.42 Å². The lowest BCUT2D eigenvalue weighted by Crippen LogP contribution is -2.55. The molecule has 0 N–H and O–H groups in total. The first-order valence-corrected chi connectivity index (χ1v) is 14.5. The number of quaternary nitrogens is 1. The SMILES string of the molecule is CC/C=C\C/C=C\C/C=C\CCCCCCCC(=O)OC(COCCC(C(=O)[O-])[N+](C)(C)C)COC(=O)CC. The van der Waals surface area contributed by atoms with E-state index in [1.807, 2.05) is 0 Å². The van der Waals surface area contributed by atoms with Gasteiger partial charge in [-0.2, -0.15) is 0 Å². The van der Waals surface area contributed by atoms with Gasteiger partial charge in [0.2, 0.25) is 0 Å². The molecule has 224 valence electrons. The highest BCUT2D eigenvalue weighted by Crippen LogP contribution is 2.11. The molecule has 39 heavy (non-hydrogen) atoms. The van der Waals surface area contributed by atoms with Gasteiger partial charge < -0.3 is 28.6 Å². The minimum Gasteiger partial charge on any atom is -0.544 e. The minimum absolute atomic E-state index is 0.0266. The van der Waals surface area contributed by atoms with Crippen LogP contribution in [0.3, 0.4) is 0 Å². The summed E-state index contributed by atoms with van der Waals surface area (Å²) in [5, 5.41) is 11.4. The van der Waals surface area contributed by atoms with Crippen molar-refractivity contribution in [3.05, 3.63) is 36.5 Å². The van der Waals surface area contributed by atoms with Crippen molar-refractivity contribution in [2.75, 3.05) is 41.0 Å². The smallest absolute Gasteiger partial charge is 0.306 e. The van der Waals surface area contributed by atoms with Crippen molar-refractivity contribution >= 4 is 17.9 Å². The predicted octanol–water partition coefficient (Wildman–Crippen LogP) is 4.67. The van der Waals surface area contributed by atoms with E-state index in [1.165, 1.54) is 0 Å². The van der Waals surface area contributed by atoms with Crippen molar-refractivity contribution < 1.29 is 38.2 Å². The number of rotatable bonds is 24. The van der Waals surface area contributed by atoms with Gasteiger partial charge in [0.25, 0.3) is 0 Å². The molecule has 0 saturated carbocycles. The quantitative estimate of drug-likeness (QED) is 0.0743. The first-order chi connectivity index (χ1) is 18.6. The normalized spacial score (nSPS) is 13.8. The number of hydrogen-bond donors (Lipinski definition) is 0. The number of carboxylic acid groups (broad SMARTS) is 1. The van der Waals surface area contributed by atoms with Crippen LogP contribution in [-0.2, 0) is 28.6 Å². The van der Waals surface area contributed by atoms with E-state index < -0.39 is 18.1 Å². The van der Waals surface area contributed by atoms with Crippen molar-refractivity contribution in [1.82, 2.24) is 0 Å². The molecule has 0 heterocycles. The maximum absolute atomic E-state index is 12.3. The van der Waals surface area contributed by atoms with Gasteiger partial charge >= 0.3 is 11.9 Å². The number of ether oxygens (including phenoxy) is 3. The summed E-state index contributed by atoms with van der Waals surface area (Å²) in [6.07, 6.45) is 22.4. The lowest BCUT2D eigenvalue weighted by Gasteiger charge is -2.34. The summed E-state index contributed by atoms with van der Waals surface area (Å²) in [6, 6.07) is -0.722. The molecule has 0 aromatic heterocycles. The Morgan fingerprint density at radius 3 is 2.03 bits per heavy atom. The third kappa shape index (κ3) is 22.1. The number of likely N-dealkylation sites (N-methyl/N-ethyl adjacent to an activating group) is 1. The maximum atomic E-state index is 12.3. The van der Waals surface area contributed by atoms with Crippen LogP contribution >= 0.6 is 0 Å². The molecule has 2 unspecified atom stereocenters. The molecular weight excluding hydrogens is 498 g/mol. The number of carbonyl (C=O) groups excluding carboxylic acids is 3. The second-order valence-electron chi connectivity index (χ2n) is 10.6. The van der Waals surface area contributed by atoms with Crippen LogP contribution in [0.15, 0.2) is 36.5 Å². The number of esters is 2. The van der Waals surface area contributed by atoms with Gasteiger partial charge in [0.05, 0.1) is 40.3 Å². The number of carbonyl (C=O) groups is 3. The van der Waals surface area contributed by atoms with E-state index in [9.17, 15) is 19.5 Å². The molecule has 0 aliphatic heterocycles. The standard InChI is InChI=1S/C31H53NO7/c1-6-8-9-10-11-12-13-14-15-16-17-18-19-20-21-22-30(34)39-27(26-38-29(33)7-2)25-37-24-23-28(31(35)36)32(3,4)5/h8-9,11-12,14-15,27-28H,6-7,10,13,16-26H2,1-5H3/b9-8-,12-11-,15-14-. The second-order valence-corrected chi connectivity index (χ2v) is 10.6. The van der Waals surface area contributed by atoms with Crippen molar-refractivity contribution in [2.45, 2.75) is 103 Å². The molecule has 0 aromatic carbocycles. The van der Waals surface area contributed by atoms with Crippen LogP contribution in [0.25, 0.3) is 0 Å². The van der Waals surface area contributed by atoms with Crippen molar-refractivity contribution in [1.29, 1.82) is 0 Å². The lowest BCUT2D eigenvalue weighted by molar-refractivity contribution is -0.889. The highest BCUT2D eigenvalue weighted by atomic mass is 16.6. The van der Waals surface area contributed by atoms with Crippen LogP contribution in [0, 0.1) is 0 Å². The fourth-order valence-corrected chi connectivity index (χ4v) is 3.77. The summed E-state index contributed by atoms with van der Waals surface area (Å²) in [5.41, 5.74) is 0. The van der Waals surface area contributed by atoms with Crippen LogP contribution < -0.4 is 5.11 Å². The molecule has 8 nitrogen and oxygen atoms in total. The predicted molar refractivity (Wildman–Crippen MR) is 153 cm³/mol. The molecule has 0 saturated heterocycles. The average Bonchev–Trinajstić information content (AvgIpc) is 2.87. The number of aliphatic carboxylic acids is 1. The molecule has 0 amide bonds. The van der Waals surface area contributed by atoms with Crippen molar-refractivity contribution in [3.63, 3.8) is 0 Å². The number of unbranched alkanes of at least 4 members (excludes halogenated alkanes) is 5. The average molecular weight is 552 g/mol. The van der Waals surface area contributed by atoms with Gasteiger partial charge in [0.1, 0.15) is 12.6 Å². The van der Waals surface area contributed by atoms with E-state index in [1.54, 1.807) is 28.1 Å². The topological polar surface area (TPSA) is 102 Å². The molecule has 0 rings (SSSR count). The lowest BCUT2D eigenvalue weighted by atomic mass is 10.1. The maximum Gasteiger partial charge on any atom is 0.306 e. The van der Waals surface area contributed by atoms with E-state index in [0.717, 1.165) is 57.8 Å². The second kappa shape index (κ2) is 23.4. The minimum atomic E-state index is -1.14. The molecule has 0 aliphatic carbocycles. The molecule has 0 aromatic rings. The van der Waals surface area contributed by atoms with Crippen LogP contribution in [0.5, 0.6) is 0 Å². The van der Waals surface area contributed by atoms with Gasteiger partial charge in [-0.15, -0.1) is 0 Å². The summed E-state index contributed by atoms with van der Waals surface area (Å²) >= 11 is 0. The zero-order valence-electron chi connectivity index (χ0n) is 25.0. The molecule has 2 atom stereocenters. The number of carboxylic acids is 1. The Morgan fingerprint density at radius 1 is 0.795 bits per heavy atom. The Balaban J connectivity index is 4.19. The molecule has 8 heteroatoms. The fourth-order valence-electron chi connectivity index (χ4n) is 3.77. The number of nitrogens with zero attached hydrogens (tertiary/aromatic N) is 1. The molecule has 0 spiro atoms. The van der Waals surface area contributed by atoms with Crippen LogP contribution in [0.1, 0.15) is 90.9 Å². The summed E-state index contributed by atoms with van der Waals surface area (Å²) in [4.78, 5) is 35.3. The summed E-state index contributed by atoms with van der Waals surface area (Å²) < 4.78 is 16.4. The van der Waals surface area contributed by atoms with Crippen molar-refractivity contribution in [2.24, 2.45) is 0 Å². The van der Waals surface area contributed by atoms with E-state index in [-0.39, 0.29) is 49.1 Å². The Labute approximate surface area is 236 Å². The van der Waals surface area contributed by atoms with E-state index in [4.69, 9.17) is 14.2 Å². The van der Waals surface area contributed by atoms with Gasteiger partial charge in [-0.05, 0) is 38.5 Å². The Morgan fingerprint density at radius 2 is 1.41 bits per heavy atom. The first kappa shape index (κ1) is 36.5. The van der Waals surface area contributed by atoms with Crippen LogP contribution in [-0.4, -0.2) is 75.5 Å². The first-order valence-electron chi connectivity index (χ1n) is 14.5. The molecular formula is C31H53NO7. The molecule has 0 fully saturated rings. The zero-order chi connectivity index (χ0) is 29.4. The molecule has 0 aliphatic rings. The van der Waals surface area contributed by atoms with Gasteiger partial charge in [-0.1, -0.05) is 69.6 Å². The third-order valence-electron chi connectivity index (χ3n) is 6.10. The fraction of sp³-hybridized carbons (Fsp3) is 0.710. The Hall–Kier alpha value is -2.45. The monoisotopic (exact) mass is 551 g/mol. The highest BCUT2D eigenvalue weighted by Gasteiger charge is 2.25. The summed E-state index contributed by atoms with van der Waals surface area (Å²) in [6.45, 7) is 3.92. The number of allylic oxidation sites excluding steroid dienone is 6. The van der Waals surface area contributed by atoms with Gasteiger partial charge in [-0.25, -0.2) is 0 Å². The highest BCUT2D eigenvalue weighted by molar-refractivity contribution is 5.70. The zero-order valence-corrected chi connectivity index (χ0v) is 25.0. The number of hydrogen-bond acceptors (Lipinski definition) is 7. The van der Waals surface area contributed by atoms with Gasteiger partial charge in [0, 0.05) is 19.3 Å². The Bertz CT molecular complexity index is 753. The Kier molecular flexibility index (Phi) is 22.0. The summed E-state index contributed by atoms with van der Waals surface area (Å²) in [7, 11) is 5.33. The van der Waals surface area contributed by atoms with E-state index in [2.05, 4.69) is 43.4 Å². The largest absolute Gasteiger partial charge is 0.544 e. The summed E-state index contributed by atoms with van der Waals surface area (Å²) in [5.74, 6) is -1.87. The molecule has 0 radical (unpaired) electrons. The van der Waals surface area contributed by atoms with Crippen LogP contribution in [0.4, 0.5) is 0 Å².